The zero-order chi connectivity index (χ0) is 22.5. The summed E-state index contributed by atoms with van der Waals surface area (Å²) in [6.07, 6.45) is -8.35. The molecule has 0 aliphatic carbocycles. The smallest absolute Gasteiger partial charge is 0.368 e. The minimum Gasteiger partial charge on any atom is -0.368 e. The van der Waals surface area contributed by atoms with Gasteiger partial charge in [-0.15, -0.1) is 0 Å². The van der Waals surface area contributed by atoms with E-state index < -0.39 is 53.6 Å². The van der Waals surface area contributed by atoms with Crippen LogP contribution in [0.2, 0.25) is 0 Å². The highest BCUT2D eigenvalue weighted by atomic mass is 19.4. The van der Waals surface area contributed by atoms with Crippen LogP contribution in [0.5, 0.6) is 0 Å². The molecule has 0 fully saturated rings. The van der Waals surface area contributed by atoms with Gasteiger partial charge in [0.05, 0.1) is 6.42 Å². The van der Waals surface area contributed by atoms with Gasteiger partial charge in [0.25, 0.3) is 0 Å². The monoisotopic (exact) mass is 428 g/mol. The van der Waals surface area contributed by atoms with Crippen LogP contribution in [-0.4, -0.2) is 45.5 Å². The van der Waals surface area contributed by atoms with Crippen LogP contribution in [0.25, 0.3) is 0 Å². The molecule has 29 heavy (non-hydrogen) atoms. The lowest BCUT2D eigenvalue weighted by atomic mass is 9.79. The summed E-state index contributed by atoms with van der Waals surface area (Å²) in [5.41, 5.74) is -5.43. The van der Waals surface area contributed by atoms with Gasteiger partial charge in [-0.3, -0.25) is 4.79 Å². The van der Waals surface area contributed by atoms with E-state index in [9.17, 15) is 40.6 Å². The Balaban J connectivity index is 2.49. The molecule has 0 radical (unpaired) electrons. The van der Waals surface area contributed by atoms with E-state index in [-0.39, 0.29) is 5.01 Å². The highest BCUT2D eigenvalue weighted by molar-refractivity contribution is 5.96. The number of hydrogen-bond acceptors (Lipinski definition) is 3. The van der Waals surface area contributed by atoms with E-state index in [1.807, 2.05) is 0 Å². The van der Waals surface area contributed by atoms with E-state index in [2.05, 4.69) is 5.10 Å². The maximum absolute atomic E-state index is 14.1. The molecule has 1 amide bonds. The highest BCUT2D eigenvalue weighted by Crippen LogP contribution is 2.51. The second-order valence-electron chi connectivity index (χ2n) is 7.80. The number of rotatable bonds is 4. The normalized spacial score (nSPS) is 21.3. The first-order chi connectivity index (χ1) is 12.9. The number of hydrogen-bond donors (Lipinski definition) is 1. The predicted molar refractivity (Wildman–Crippen MR) is 89.4 cm³/mol. The first-order valence-corrected chi connectivity index (χ1v) is 8.45. The summed E-state index contributed by atoms with van der Waals surface area (Å²) in [6, 6.07) is 7.83. The molecule has 1 atom stereocenters. The third-order valence-electron chi connectivity index (χ3n) is 4.73. The van der Waals surface area contributed by atoms with E-state index >= 15 is 0 Å². The third-order valence-corrected chi connectivity index (χ3v) is 4.73. The molecule has 4 nitrogen and oxygen atoms in total. The second kappa shape index (κ2) is 6.96. The first-order valence-electron chi connectivity index (χ1n) is 8.45. The number of carbonyl (C=O) groups is 1. The van der Waals surface area contributed by atoms with Crippen molar-refractivity contribution in [2.24, 2.45) is 10.5 Å². The summed E-state index contributed by atoms with van der Waals surface area (Å²) >= 11 is 0. The molecule has 1 aliphatic heterocycles. The second-order valence-corrected chi connectivity index (χ2v) is 7.80. The molecular formula is C18H19F7N2O2. The van der Waals surface area contributed by atoms with Crippen LogP contribution >= 0.6 is 0 Å². The molecule has 0 bridgehead atoms. The maximum atomic E-state index is 14.1. The number of halogens is 7. The van der Waals surface area contributed by atoms with Gasteiger partial charge >= 0.3 is 18.0 Å². The fraction of sp³-hybridized carbons (Fsp3) is 0.556. The average Bonchev–Trinajstić information content (AvgIpc) is 2.94. The van der Waals surface area contributed by atoms with Crippen LogP contribution in [0.15, 0.2) is 35.4 Å². The quantitative estimate of drug-likeness (QED) is 0.724. The lowest BCUT2D eigenvalue weighted by Crippen LogP contribution is -2.58. The van der Waals surface area contributed by atoms with Crippen LogP contribution < -0.4 is 0 Å². The Morgan fingerprint density at radius 2 is 1.59 bits per heavy atom. The SMILES string of the molecule is CC(C)(C)[C@@]1(O)CC(C(F)(F)C(F)(F)C(F)(F)F)=NN1C(=O)Cc1ccccc1. The molecule has 11 heteroatoms. The lowest BCUT2D eigenvalue weighted by Gasteiger charge is -2.41. The van der Waals surface area contributed by atoms with E-state index in [0.29, 0.717) is 5.56 Å². The van der Waals surface area contributed by atoms with Crippen molar-refractivity contribution < 1.29 is 40.6 Å². The molecular weight excluding hydrogens is 409 g/mol. The van der Waals surface area contributed by atoms with Crippen molar-refractivity contribution in [3.8, 4) is 0 Å². The van der Waals surface area contributed by atoms with E-state index in [0.717, 1.165) is 0 Å². The molecule has 2 rings (SSSR count). The van der Waals surface area contributed by atoms with Gasteiger partial charge in [0.15, 0.2) is 5.72 Å². The minimum absolute atomic E-state index is 0.190. The molecule has 1 aliphatic rings. The number of hydrazone groups is 1. The minimum atomic E-state index is -6.56. The van der Waals surface area contributed by atoms with Crippen molar-refractivity contribution in [2.45, 2.75) is 57.4 Å². The Morgan fingerprint density at radius 1 is 1.07 bits per heavy atom. The van der Waals surface area contributed by atoms with Gasteiger partial charge < -0.3 is 5.11 Å². The maximum Gasteiger partial charge on any atom is 0.460 e. The van der Waals surface area contributed by atoms with Crippen LogP contribution in [0, 0.1) is 5.41 Å². The van der Waals surface area contributed by atoms with Crippen molar-refractivity contribution in [2.75, 3.05) is 0 Å². The van der Waals surface area contributed by atoms with Gasteiger partial charge in [0, 0.05) is 11.8 Å². The topological polar surface area (TPSA) is 52.9 Å². The summed E-state index contributed by atoms with van der Waals surface area (Å²) in [5, 5.41) is 14.1. The van der Waals surface area contributed by atoms with Gasteiger partial charge in [0.2, 0.25) is 5.91 Å². The van der Waals surface area contributed by atoms with Gasteiger partial charge in [-0.25, -0.2) is 5.01 Å². The summed E-state index contributed by atoms with van der Waals surface area (Å²) in [5.74, 6) is -13.2. The molecule has 0 aromatic heterocycles. The molecule has 1 aromatic carbocycles. The fourth-order valence-electron chi connectivity index (χ4n) is 2.77. The molecule has 0 unspecified atom stereocenters. The van der Waals surface area contributed by atoms with Crippen molar-refractivity contribution in [1.29, 1.82) is 0 Å². The van der Waals surface area contributed by atoms with E-state index in [1.54, 1.807) is 18.2 Å². The summed E-state index contributed by atoms with van der Waals surface area (Å²) in [6.45, 7) is 3.94. The van der Waals surface area contributed by atoms with Crippen LogP contribution in [-0.2, 0) is 11.2 Å². The highest BCUT2D eigenvalue weighted by Gasteiger charge is 2.76. The number of benzene rings is 1. The Labute approximate surface area is 162 Å². The Hall–Kier alpha value is -2.17. The largest absolute Gasteiger partial charge is 0.460 e. The summed E-state index contributed by atoms with van der Waals surface area (Å²) in [4.78, 5) is 12.6. The lowest BCUT2D eigenvalue weighted by molar-refractivity contribution is -0.336. The van der Waals surface area contributed by atoms with E-state index in [4.69, 9.17) is 0 Å². The Bertz CT molecular complexity index is 801. The number of alkyl halides is 7. The van der Waals surface area contributed by atoms with E-state index in [1.165, 1.54) is 32.9 Å². The molecule has 0 saturated carbocycles. The van der Waals surface area contributed by atoms with Crippen molar-refractivity contribution in [3.63, 3.8) is 0 Å². The zero-order valence-corrected chi connectivity index (χ0v) is 15.7. The standard InChI is InChI=1S/C18H19F7N2O2/c1-14(2,3)15(29)10-12(16(19,20)17(21,22)18(23,24)25)26-27(15)13(28)9-11-7-5-4-6-8-11/h4-8,29H,9-10H2,1-3H3/t15-/m0/s1. The van der Waals surface area contributed by atoms with Crippen LogP contribution in [0.3, 0.4) is 0 Å². The first kappa shape index (κ1) is 23.1. The molecule has 0 spiro atoms. The van der Waals surface area contributed by atoms with Crippen molar-refractivity contribution >= 4 is 11.6 Å². The third kappa shape index (κ3) is 3.84. The molecule has 1 aromatic rings. The van der Waals surface area contributed by atoms with Gasteiger partial charge in [0.1, 0.15) is 5.71 Å². The average molecular weight is 428 g/mol. The predicted octanol–water partition coefficient (Wildman–Crippen LogP) is 4.39. The van der Waals surface area contributed by atoms with Gasteiger partial charge in [-0.1, -0.05) is 51.1 Å². The van der Waals surface area contributed by atoms with Crippen molar-refractivity contribution in [3.05, 3.63) is 35.9 Å². The number of aliphatic hydroxyl groups is 1. The fourth-order valence-corrected chi connectivity index (χ4v) is 2.77. The number of amides is 1. The number of carbonyl (C=O) groups excluding carboxylic acids is 1. The van der Waals surface area contributed by atoms with Crippen LogP contribution in [0.4, 0.5) is 30.7 Å². The summed E-state index contributed by atoms with van der Waals surface area (Å²) < 4.78 is 92.8. The van der Waals surface area contributed by atoms with Crippen LogP contribution in [0.1, 0.15) is 32.8 Å². The van der Waals surface area contributed by atoms with Crippen molar-refractivity contribution in [1.82, 2.24) is 5.01 Å². The van der Waals surface area contributed by atoms with Gasteiger partial charge in [-0.05, 0) is 5.56 Å². The molecule has 162 valence electrons. The Morgan fingerprint density at radius 3 is 2.03 bits per heavy atom. The molecule has 0 saturated heterocycles. The summed E-state index contributed by atoms with van der Waals surface area (Å²) in [7, 11) is 0. The zero-order valence-electron chi connectivity index (χ0n) is 15.7. The number of nitrogens with zero attached hydrogens (tertiary/aromatic N) is 2. The molecule has 1 heterocycles. The molecule has 1 N–H and O–H groups in total. The Kier molecular flexibility index (Phi) is 5.55. The van der Waals surface area contributed by atoms with Gasteiger partial charge in [-0.2, -0.15) is 35.8 Å².